The maximum Gasteiger partial charge on any atom is 0.311 e. The minimum Gasteiger partial charge on any atom is -0.481 e. The Kier molecular flexibility index (Phi) is 4.88. The van der Waals surface area contributed by atoms with E-state index in [4.69, 9.17) is 11.5 Å². The first-order valence-corrected chi connectivity index (χ1v) is 6.38. The molecule has 0 aromatic carbocycles. The molecule has 5 N–H and O–H groups in total. The fourth-order valence-electron chi connectivity index (χ4n) is 2.47. The number of carbonyl (C=O) groups excluding carboxylic acids is 2. The van der Waals surface area contributed by atoms with Gasteiger partial charge in [-0.1, -0.05) is 6.92 Å². The molecule has 0 radical (unpaired) electrons. The van der Waals surface area contributed by atoms with E-state index in [1.54, 1.807) is 6.92 Å². The van der Waals surface area contributed by atoms with Crippen LogP contribution in [0.15, 0.2) is 0 Å². The molecule has 7 nitrogen and oxygen atoms in total. The average Bonchev–Trinajstić information content (AvgIpc) is 2.36. The molecule has 2 unspecified atom stereocenters. The molecule has 0 saturated carbocycles. The van der Waals surface area contributed by atoms with Crippen molar-refractivity contribution in [2.24, 2.45) is 16.9 Å². The minimum atomic E-state index is -0.987. The Morgan fingerprint density at radius 1 is 1.42 bits per heavy atom. The second-order valence-electron chi connectivity index (χ2n) is 5.08. The SMILES string of the molecule is CCC1(C(=O)O)CCCN(C(=O)C(N)CC(N)=O)C1. The van der Waals surface area contributed by atoms with Gasteiger partial charge in [-0.05, 0) is 19.3 Å². The predicted molar refractivity (Wildman–Crippen MR) is 68.0 cm³/mol. The van der Waals surface area contributed by atoms with Gasteiger partial charge in [0.05, 0.1) is 17.9 Å². The van der Waals surface area contributed by atoms with Crippen LogP contribution in [0.3, 0.4) is 0 Å². The van der Waals surface area contributed by atoms with E-state index >= 15 is 0 Å². The molecule has 19 heavy (non-hydrogen) atoms. The number of carbonyl (C=O) groups is 3. The highest BCUT2D eigenvalue weighted by Crippen LogP contribution is 2.33. The fourth-order valence-corrected chi connectivity index (χ4v) is 2.47. The van der Waals surface area contributed by atoms with Crippen molar-refractivity contribution in [2.75, 3.05) is 13.1 Å². The summed E-state index contributed by atoms with van der Waals surface area (Å²) in [6.45, 7) is 2.41. The van der Waals surface area contributed by atoms with Crippen LogP contribution in [0.4, 0.5) is 0 Å². The summed E-state index contributed by atoms with van der Waals surface area (Å²) in [5, 5.41) is 9.33. The first kappa shape index (κ1) is 15.4. The normalized spacial score (nSPS) is 24.8. The van der Waals surface area contributed by atoms with Crippen molar-refractivity contribution in [3.8, 4) is 0 Å². The summed E-state index contributed by atoms with van der Waals surface area (Å²) in [5.74, 6) is -1.94. The van der Waals surface area contributed by atoms with E-state index in [1.165, 1.54) is 4.90 Å². The van der Waals surface area contributed by atoms with E-state index in [1.807, 2.05) is 0 Å². The maximum atomic E-state index is 12.1. The van der Waals surface area contributed by atoms with Crippen molar-refractivity contribution in [3.63, 3.8) is 0 Å². The summed E-state index contributed by atoms with van der Waals surface area (Å²) in [6.07, 6.45) is 1.40. The van der Waals surface area contributed by atoms with Crippen LogP contribution in [0.1, 0.15) is 32.6 Å². The number of carboxylic acid groups (broad SMARTS) is 1. The summed E-state index contributed by atoms with van der Waals surface area (Å²) in [7, 11) is 0. The molecule has 2 atom stereocenters. The fraction of sp³-hybridized carbons (Fsp3) is 0.750. The molecule has 0 aliphatic carbocycles. The molecule has 0 bridgehead atoms. The number of likely N-dealkylation sites (tertiary alicyclic amines) is 1. The first-order valence-electron chi connectivity index (χ1n) is 6.38. The number of nitrogens with two attached hydrogens (primary N) is 2. The molecule has 0 aromatic rings. The third-order valence-corrected chi connectivity index (χ3v) is 3.76. The summed E-state index contributed by atoms with van der Waals surface area (Å²) in [4.78, 5) is 35.6. The zero-order chi connectivity index (χ0) is 14.6. The zero-order valence-corrected chi connectivity index (χ0v) is 11.1. The quantitative estimate of drug-likeness (QED) is 0.609. The highest BCUT2D eigenvalue weighted by atomic mass is 16.4. The standard InChI is InChI=1S/C12H21N3O4/c1-2-12(11(18)19)4-3-5-15(7-12)10(17)8(13)6-9(14)16/h8H,2-7,13H2,1H3,(H2,14,16)(H,18,19). The number of carboxylic acids is 1. The number of rotatable bonds is 5. The summed E-state index contributed by atoms with van der Waals surface area (Å²) < 4.78 is 0. The van der Waals surface area contributed by atoms with Crippen molar-refractivity contribution < 1.29 is 19.5 Å². The van der Waals surface area contributed by atoms with Crippen LogP contribution >= 0.6 is 0 Å². The Hall–Kier alpha value is -1.63. The molecule has 7 heteroatoms. The van der Waals surface area contributed by atoms with E-state index in [-0.39, 0.29) is 13.0 Å². The number of hydrogen-bond acceptors (Lipinski definition) is 4. The molecular weight excluding hydrogens is 250 g/mol. The molecule has 2 amide bonds. The van der Waals surface area contributed by atoms with Gasteiger partial charge in [0.1, 0.15) is 0 Å². The highest BCUT2D eigenvalue weighted by molar-refractivity contribution is 5.88. The lowest BCUT2D eigenvalue weighted by Crippen LogP contribution is -2.54. The summed E-state index contributed by atoms with van der Waals surface area (Å²) in [6, 6.07) is -0.987. The average molecular weight is 271 g/mol. The molecule has 1 saturated heterocycles. The van der Waals surface area contributed by atoms with E-state index in [0.29, 0.717) is 25.8 Å². The van der Waals surface area contributed by atoms with Crippen molar-refractivity contribution >= 4 is 17.8 Å². The van der Waals surface area contributed by atoms with Crippen molar-refractivity contribution in [1.82, 2.24) is 4.90 Å². The Labute approximate surface area is 111 Å². The lowest BCUT2D eigenvalue weighted by Gasteiger charge is -2.40. The molecule has 1 aliphatic heterocycles. The van der Waals surface area contributed by atoms with Gasteiger partial charge >= 0.3 is 5.97 Å². The third kappa shape index (κ3) is 3.44. The van der Waals surface area contributed by atoms with Gasteiger partial charge in [0, 0.05) is 13.1 Å². The molecule has 1 aliphatic rings. The van der Waals surface area contributed by atoms with Gasteiger partial charge < -0.3 is 21.5 Å². The van der Waals surface area contributed by atoms with Gasteiger partial charge in [0.25, 0.3) is 0 Å². The monoisotopic (exact) mass is 271 g/mol. The third-order valence-electron chi connectivity index (χ3n) is 3.76. The Morgan fingerprint density at radius 3 is 2.53 bits per heavy atom. The largest absolute Gasteiger partial charge is 0.481 e. The number of hydrogen-bond donors (Lipinski definition) is 3. The number of nitrogens with zero attached hydrogens (tertiary/aromatic N) is 1. The van der Waals surface area contributed by atoms with E-state index in [0.717, 1.165) is 0 Å². The highest BCUT2D eigenvalue weighted by Gasteiger charge is 2.42. The molecule has 0 spiro atoms. The second-order valence-corrected chi connectivity index (χ2v) is 5.08. The molecule has 1 fully saturated rings. The Bertz CT molecular complexity index is 385. The van der Waals surface area contributed by atoms with Gasteiger partial charge in [0.2, 0.25) is 11.8 Å². The van der Waals surface area contributed by atoms with Crippen LogP contribution in [0.2, 0.25) is 0 Å². The Morgan fingerprint density at radius 2 is 2.05 bits per heavy atom. The summed E-state index contributed by atoms with van der Waals surface area (Å²) >= 11 is 0. The van der Waals surface area contributed by atoms with Crippen LogP contribution < -0.4 is 11.5 Å². The van der Waals surface area contributed by atoms with Crippen LogP contribution in [0.5, 0.6) is 0 Å². The molecule has 108 valence electrons. The molecule has 0 aromatic heterocycles. The second kappa shape index (κ2) is 6.01. The van der Waals surface area contributed by atoms with Crippen LogP contribution in [0, 0.1) is 5.41 Å². The molecule has 1 rings (SSSR count). The zero-order valence-electron chi connectivity index (χ0n) is 11.1. The van der Waals surface area contributed by atoms with Crippen LogP contribution in [-0.4, -0.2) is 46.9 Å². The van der Waals surface area contributed by atoms with Crippen LogP contribution in [0.25, 0.3) is 0 Å². The first-order chi connectivity index (χ1) is 8.82. The van der Waals surface area contributed by atoms with E-state index in [9.17, 15) is 19.5 Å². The number of primary amides is 1. The van der Waals surface area contributed by atoms with Gasteiger partial charge in [0.15, 0.2) is 0 Å². The molecule has 1 heterocycles. The van der Waals surface area contributed by atoms with E-state index < -0.39 is 29.2 Å². The number of amides is 2. The lowest BCUT2D eigenvalue weighted by atomic mass is 9.77. The van der Waals surface area contributed by atoms with Gasteiger partial charge in [-0.15, -0.1) is 0 Å². The Balaban J connectivity index is 2.76. The lowest BCUT2D eigenvalue weighted by molar-refractivity contribution is -0.155. The van der Waals surface area contributed by atoms with Crippen molar-refractivity contribution in [1.29, 1.82) is 0 Å². The maximum absolute atomic E-state index is 12.1. The topological polar surface area (TPSA) is 127 Å². The minimum absolute atomic E-state index is 0.143. The molecular formula is C12H21N3O4. The van der Waals surface area contributed by atoms with Gasteiger partial charge in [-0.25, -0.2) is 0 Å². The van der Waals surface area contributed by atoms with Crippen LogP contribution in [-0.2, 0) is 14.4 Å². The van der Waals surface area contributed by atoms with Crippen molar-refractivity contribution in [2.45, 2.75) is 38.6 Å². The summed E-state index contributed by atoms with van der Waals surface area (Å²) in [5.41, 5.74) is 9.72. The van der Waals surface area contributed by atoms with Gasteiger partial charge in [-0.2, -0.15) is 0 Å². The smallest absolute Gasteiger partial charge is 0.311 e. The number of piperidine rings is 1. The van der Waals surface area contributed by atoms with Crippen molar-refractivity contribution in [3.05, 3.63) is 0 Å². The number of aliphatic carboxylic acids is 1. The van der Waals surface area contributed by atoms with Gasteiger partial charge in [-0.3, -0.25) is 14.4 Å². The predicted octanol–water partition coefficient (Wildman–Crippen LogP) is -0.707. The van der Waals surface area contributed by atoms with E-state index in [2.05, 4.69) is 0 Å².